The minimum atomic E-state index is -1.61. The maximum atomic E-state index is 10.9. The maximum absolute atomic E-state index is 10.9. The molecule has 0 aliphatic carbocycles. The molecule has 0 unspecified atom stereocenters. The van der Waals surface area contributed by atoms with Gasteiger partial charge in [0, 0.05) is 7.11 Å². The van der Waals surface area contributed by atoms with E-state index < -0.39 is 30.9 Å². The highest BCUT2D eigenvalue weighted by atomic mass is 16.7. The van der Waals surface area contributed by atoms with Gasteiger partial charge in [0.15, 0.2) is 6.29 Å². The van der Waals surface area contributed by atoms with Crippen LogP contribution in [0, 0.1) is 0 Å². The average Bonchev–Trinajstić information content (AvgIpc) is 2.27. The zero-order valence-corrected chi connectivity index (χ0v) is 8.76. The van der Waals surface area contributed by atoms with Crippen molar-refractivity contribution in [3.8, 4) is 0 Å². The van der Waals surface area contributed by atoms with Crippen LogP contribution in [0.1, 0.15) is 0 Å². The molecule has 7 heteroatoms. The van der Waals surface area contributed by atoms with Crippen LogP contribution in [0.25, 0.3) is 0 Å². The second-order valence-electron chi connectivity index (χ2n) is 2.46. The van der Waals surface area contributed by atoms with Crippen molar-refractivity contribution in [1.29, 1.82) is 0 Å². The van der Waals surface area contributed by atoms with E-state index in [0.29, 0.717) is 0 Å². The number of carbonyl (C=O) groups excluding carboxylic acids is 2. The van der Waals surface area contributed by atoms with Gasteiger partial charge in [0.1, 0.15) is 6.61 Å². The van der Waals surface area contributed by atoms with Crippen molar-refractivity contribution in [2.45, 2.75) is 12.4 Å². The van der Waals surface area contributed by atoms with E-state index in [4.69, 9.17) is 4.74 Å². The molecule has 7 nitrogen and oxygen atoms in total. The van der Waals surface area contributed by atoms with Gasteiger partial charge in [-0.2, -0.15) is 0 Å². The molecule has 0 spiro atoms. The van der Waals surface area contributed by atoms with E-state index >= 15 is 0 Å². The molecule has 0 aromatic carbocycles. The lowest BCUT2D eigenvalue weighted by molar-refractivity contribution is -0.203. The lowest BCUT2D eigenvalue weighted by Gasteiger charge is -2.19. The van der Waals surface area contributed by atoms with Gasteiger partial charge in [-0.1, -0.05) is 0 Å². The number of esters is 2. The third kappa shape index (κ3) is 4.73. The molecule has 0 amide bonds. The van der Waals surface area contributed by atoms with Crippen LogP contribution in [-0.2, 0) is 28.5 Å². The number of carbonyl (C=O) groups is 2. The highest BCUT2D eigenvalue weighted by Crippen LogP contribution is 2.02. The zero-order chi connectivity index (χ0) is 11.8. The van der Waals surface area contributed by atoms with E-state index in [9.17, 15) is 14.7 Å². The van der Waals surface area contributed by atoms with Crippen molar-refractivity contribution in [1.82, 2.24) is 0 Å². The van der Waals surface area contributed by atoms with Gasteiger partial charge >= 0.3 is 11.9 Å². The van der Waals surface area contributed by atoms with E-state index in [2.05, 4.69) is 14.2 Å². The predicted molar refractivity (Wildman–Crippen MR) is 46.8 cm³/mol. The van der Waals surface area contributed by atoms with Crippen LogP contribution in [0.3, 0.4) is 0 Å². The molecule has 15 heavy (non-hydrogen) atoms. The summed E-state index contributed by atoms with van der Waals surface area (Å²) in [7, 11) is 3.51. The summed E-state index contributed by atoms with van der Waals surface area (Å²) in [6.45, 7) is -0.428. The summed E-state index contributed by atoms with van der Waals surface area (Å²) in [5.41, 5.74) is 0. The Kier molecular flexibility index (Phi) is 6.59. The van der Waals surface area contributed by atoms with Gasteiger partial charge < -0.3 is 24.1 Å². The molecule has 2 atom stereocenters. The Morgan fingerprint density at radius 1 is 1.20 bits per heavy atom. The fourth-order valence-corrected chi connectivity index (χ4v) is 0.729. The van der Waals surface area contributed by atoms with E-state index in [1.54, 1.807) is 0 Å². The van der Waals surface area contributed by atoms with E-state index in [-0.39, 0.29) is 0 Å². The molecule has 0 bridgehead atoms. The zero-order valence-electron chi connectivity index (χ0n) is 8.76. The molecule has 1 N–H and O–H groups in total. The Morgan fingerprint density at radius 3 is 2.20 bits per heavy atom. The summed E-state index contributed by atoms with van der Waals surface area (Å²) >= 11 is 0. The van der Waals surface area contributed by atoms with Gasteiger partial charge in [0.05, 0.1) is 14.2 Å². The third-order valence-electron chi connectivity index (χ3n) is 1.53. The van der Waals surface area contributed by atoms with Crippen LogP contribution in [0.4, 0.5) is 0 Å². The summed E-state index contributed by atoms with van der Waals surface area (Å²) in [6.07, 6.45) is -2.87. The largest absolute Gasteiger partial charge is 0.467 e. The number of hydrogen-bond acceptors (Lipinski definition) is 7. The first kappa shape index (κ1) is 13.8. The van der Waals surface area contributed by atoms with E-state index in [1.807, 2.05) is 0 Å². The predicted octanol–water partition coefficient (Wildman–Crippen LogP) is -1.32. The summed E-state index contributed by atoms with van der Waals surface area (Å²) in [4.78, 5) is 21.6. The monoisotopic (exact) mass is 222 g/mol. The van der Waals surface area contributed by atoms with Crippen molar-refractivity contribution in [2.75, 3.05) is 27.9 Å². The Morgan fingerprint density at radius 2 is 1.80 bits per heavy atom. The first-order valence-corrected chi connectivity index (χ1v) is 4.04. The van der Waals surface area contributed by atoms with E-state index in [0.717, 1.165) is 7.11 Å². The number of aliphatic hydroxyl groups excluding tert-OH is 1. The molecule has 0 rings (SSSR count). The number of hydrogen-bond donors (Lipinski definition) is 1. The van der Waals surface area contributed by atoms with Gasteiger partial charge in [-0.25, -0.2) is 9.59 Å². The molecular formula is C8H14O7. The summed E-state index contributed by atoms with van der Waals surface area (Å²) < 4.78 is 18.0. The van der Waals surface area contributed by atoms with Gasteiger partial charge in [-0.3, -0.25) is 0 Å². The molecule has 88 valence electrons. The van der Waals surface area contributed by atoms with Gasteiger partial charge in [-0.05, 0) is 0 Å². The minimum Gasteiger partial charge on any atom is -0.467 e. The Bertz CT molecular complexity index is 215. The first-order valence-electron chi connectivity index (χ1n) is 4.04. The lowest BCUT2D eigenvalue weighted by atomic mass is 10.3. The molecule has 0 saturated heterocycles. The number of aliphatic hydroxyl groups is 1. The normalized spacial score (nSPS) is 14.1. The second kappa shape index (κ2) is 7.16. The van der Waals surface area contributed by atoms with Crippen molar-refractivity contribution in [3.05, 3.63) is 0 Å². The van der Waals surface area contributed by atoms with Crippen molar-refractivity contribution in [2.24, 2.45) is 0 Å². The van der Waals surface area contributed by atoms with Crippen LogP contribution in [0.2, 0.25) is 0 Å². The van der Waals surface area contributed by atoms with Crippen molar-refractivity contribution in [3.63, 3.8) is 0 Å². The van der Waals surface area contributed by atoms with Crippen molar-refractivity contribution < 1.29 is 33.6 Å². The second-order valence-corrected chi connectivity index (χ2v) is 2.46. The quantitative estimate of drug-likeness (QED) is 0.440. The fourth-order valence-electron chi connectivity index (χ4n) is 0.729. The molecule has 0 aromatic heterocycles. The van der Waals surface area contributed by atoms with Crippen LogP contribution < -0.4 is 0 Å². The number of rotatable bonds is 6. The van der Waals surface area contributed by atoms with Gasteiger partial charge in [0.2, 0.25) is 6.10 Å². The lowest BCUT2D eigenvalue weighted by Crippen LogP contribution is -2.39. The fraction of sp³-hybridized carbons (Fsp3) is 0.750. The Labute approximate surface area is 86.9 Å². The Balaban J connectivity index is 4.12. The smallest absolute Gasteiger partial charge is 0.340 e. The van der Waals surface area contributed by atoms with Crippen LogP contribution >= 0.6 is 0 Å². The Hall–Kier alpha value is -1.18. The topological polar surface area (TPSA) is 91.3 Å². The molecule has 0 saturated carbocycles. The highest BCUT2D eigenvalue weighted by Gasteiger charge is 2.28. The minimum absolute atomic E-state index is 0.428. The first-order chi connectivity index (χ1) is 7.06. The molecule has 0 heterocycles. The van der Waals surface area contributed by atoms with Gasteiger partial charge in [-0.15, -0.1) is 0 Å². The van der Waals surface area contributed by atoms with E-state index in [1.165, 1.54) is 14.2 Å². The molecule has 0 aliphatic heterocycles. The van der Waals surface area contributed by atoms with Gasteiger partial charge in [0.25, 0.3) is 0 Å². The molecule has 0 aromatic rings. The molecule has 0 radical (unpaired) electrons. The molecule has 0 aliphatic rings. The van der Waals surface area contributed by atoms with Crippen LogP contribution in [-0.4, -0.2) is 57.4 Å². The number of methoxy groups -OCH3 is 3. The third-order valence-corrected chi connectivity index (χ3v) is 1.53. The summed E-state index contributed by atoms with van der Waals surface area (Å²) in [6, 6.07) is 0. The molecular weight excluding hydrogens is 208 g/mol. The van der Waals surface area contributed by atoms with Crippen molar-refractivity contribution >= 4 is 11.9 Å². The SMILES string of the molecule is COC(=O)CO[C@@H](OC)[C@@H](O)C(=O)OC. The average molecular weight is 222 g/mol. The van der Waals surface area contributed by atoms with Crippen LogP contribution in [0.15, 0.2) is 0 Å². The summed E-state index contributed by atoms with van der Waals surface area (Å²) in [5.74, 6) is -1.55. The van der Waals surface area contributed by atoms with Crippen LogP contribution in [0.5, 0.6) is 0 Å². The number of ether oxygens (including phenoxy) is 4. The summed E-state index contributed by atoms with van der Waals surface area (Å²) in [5, 5.41) is 9.29. The maximum Gasteiger partial charge on any atom is 0.340 e. The molecule has 0 fully saturated rings. The highest BCUT2D eigenvalue weighted by molar-refractivity contribution is 5.75. The standard InChI is InChI=1S/C8H14O7/c1-12-5(9)4-15-8(14-3)6(10)7(11)13-2/h6,8,10H,4H2,1-3H3/t6-,8+/m0/s1.